The number of carbonyl (C=O) groups is 1. The standard InChI is InChI=1S/C14H19N5O3/c1-14(2,3)5-8-22-13(21)17-10-9-15-12(18-11(10)20)19-7-4-6-16-19/h4,6-7,9H,5,8H2,1-3H3,(H,17,21)(H,15,18,20). The predicted octanol–water partition coefficient (Wildman–Crippen LogP) is 2.35. The predicted molar refractivity (Wildman–Crippen MR) is 79.9 cm³/mol. The van der Waals surface area contributed by atoms with Crippen LogP contribution in [0.2, 0.25) is 0 Å². The third kappa shape index (κ3) is 4.44. The van der Waals surface area contributed by atoms with Crippen molar-refractivity contribution < 1.29 is 14.6 Å². The Bertz CT molecular complexity index is 634. The van der Waals surface area contributed by atoms with E-state index < -0.39 is 6.09 Å². The molecule has 0 saturated heterocycles. The first-order valence-electron chi connectivity index (χ1n) is 6.85. The first-order chi connectivity index (χ1) is 10.3. The van der Waals surface area contributed by atoms with Crippen molar-refractivity contribution >= 4 is 11.8 Å². The third-order valence-corrected chi connectivity index (χ3v) is 2.79. The summed E-state index contributed by atoms with van der Waals surface area (Å²) < 4.78 is 6.44. The average Bonchev–Trinajstić information content (AvgIpc) is 2.93. The van der Waals surface area contributed by atoms with E-state index in [4.69, 9.17) is 4.74 Å². The zero-order valence-corrected chi connectivity index (χ0v) is 12.8. The van der Waals surface area contributed by atoms with Crippen LogP contribution in [0.25, 0.3) is 5.95 Å². The Morgan fingerprint density at radius 2 is 2.23 bits per heavy atom. The molecule has 0 fully saturated rings. The first kappa shape index (κ1) is 15.7. The van der Waals surface area contributed by atoms with Gasteiger partial charge in [-0.2, -0.15) is 10.1 Å². The zero-order valence-electron chi connectivity index (χ0n) is 12.8. The number of hydrogen-bond acceptors (Lipinski definition) is 6. The first-order valence-corrected chi connectivity index (χ1v) is 6.85. The number of hydrogen-bond donors (Lipinski definition) is 2. The van der Waals surface area contributed by atoms with Crippen molar-refractivity contribution in [1.29, 1.82) is 0 Å². The molecule has 0 radical (unpaired) electrons. The molecule has 0 aromatic carbocycles. The smallest absolute Gasteiger partial charge is 0.411 e. The zero-order chi connectivity index (χ0) is 16.2. The molecule has 0 atom stereocenters. The largest absolute Gasteiger partial charge is 0.492 e. The number of ether oxygens (including phenoxy) is 1. The molecule has 2 rings (SSSR count). The number of rotatable bonds is 4. The molecule has 0 bridgehead atoms. The second-order valence-corrected chi connectivity index (χ2v) is 5.93. The normalized spacial score (nSPS) is 11.2. The molecule has 0 aliphatic heterocycles. The van der Waals surface area contributed by atoms with E-state index in [0.29, 0.717) is 6.61 Å². The van der Waals surface area contributed by atoms with E-state index in [1.807, 2.05) is 0 Å². The van der Waals surface area contributed by atoms with Gasteiger partial charge in [0.05, 0.1) is 12.8 Å². The van der Waals surface area contributed by atoms with Gasteiger partial charge in [0, 0.05) is 12.4 Å². The van der Waals surface area contributed by atoms with Crippen molar-refractivity contribution in [3.63, 3.8) is 0 Å². The van der Waals surface area contributed by atoms with Gasteiger partial charge in [0.2, 0.25) is 5.88 Å². The minimum atomic E-state index is -0.657. The van der Waals surface area contributed by atoms with E-state index in [9.17, 15) is 9.90 Å². The molecule has 118 valence electrons. The summed E-state index contributed by atoms with van der Waals surface area (Å²) >= 11 is 0. The Balaban J connectivity index is 1.94. The maximum atomic E-state index is 11.6. The molecular formula is C14H19N5O3. The summed E-state index contributed by atoms with van der Waals surface area (Å²) in [5.41, 5.74) is 0.161. The highest BCUT2D eigenvalue weighted by molar-refractivity contribution is 5.85. The molecule has 0 saturated carbocycles. The van der Waals surface area contributed by atoms with Gasteiger partial charge < -0.3 is 9.84 Å². The van der Waals surface area contributed by atoms with Crippen molar-refractivity contribution in [2.24, 2.45) is 5.41 Å². The van der Waals surface area contributed by atoms with Gasteiger partial charge in [0.1, 0.15) is 5.69 Å². The Hall–Kier alpha value is -2.64. The van der Waals surface area contributed by atoms with Crippen LogP contribution in [0.1, 0.15) is 27.2 Å². The van der Waals surface area contributed by atoms with Crippen LogP contribution >= 0.6 is 0 Å². The van der Waals surface area contributed by atoms with Crippen molar-refractivity contribution in [2.45, 2.75) is 27.2 Å². The SMILES string of the molecule is CC(C)(C)CCOC(=O)Nc1cnc(-n2cccn2)nc1O. The number of aromatic hydroxyl groups is 1. The summed E-state index contributed by atoms with van der Waals surface area (Å²) in [5, 5.41) is 16.2. The van der Waals surface area contributed by atoms with Gasteiger partial charge in [-0.1, -0.05) is 20.8 Å². The third-order valence-electron chi connectivity index (χ3n) is 2.79. The fourth-order valence-electron chi connectivity index (χ4n) is 1.55. The van der Waals surface area contributed by atoms with Crippen LogP contribution in [0.4, 0.5) is 10.5 Å². The van der Waals surface area contributed by atoms with E-state index in [-0.39, 0.29) is 22.9 Å². The van der Waals surface area contributed by atoms with Crippen LogP contribution in [-0.2, 0) is 4.74 Å². The molecule has 2 N–H and O–H groups in total. The number of nitrogens with zero attached hydrogens (tertiary/aromatic N) is 4. The molecule has 0 unspecified atom stereocenters. The van der Waals surface area contributed by atoms with Gasteiger partial charge in [-0.3, -0.25) is 5.32 Å². The lowest BCUT2D eigenvalue weighted by Gasteiger charge is -2.17. The topological polar surface area (TPSA) is 102 Å². The lowest BCUT2D eigenvalue weighted by Crippen LogP contribution is -2.18. The molecular weight excluding hydrogens is 286 g/mol. The van der Waals surface area contributed by atoms with Gasteiger partial charge in [-0.15, -0.1) is 0 Å². The molecule has 22 heavy (non-hydrogen) atoms. The molecule has 2 heterocycles. The quantitative estimate of drug-likeness (QED) is 0.899. The lowest BCUT2D eigenvalue weighted by molar-refractivity contribution is 0.145. The van der Waals surface area contributed by atoms with Crippen LogP contribution in [0.5, 0.6) is 5.88 Å². The average molecular weight is 305 g/mol. The van der Waals surface area contributed by atoms with Crippen molar-refractivity contribution in [2.75, 3.05) is 11.9 Å². The summed E-state index contributed by atoms with van der Waals surface area (Å²) in [7, 11) is 0. The molecule has 2 aromatic heterocycles. The van der Waals surface area contributed by atoms with Gasteiger partial charge in [0.25, 0.3) is 5.95 Å². The molecule has 2 aromatic rings. The Morgan fingerprint density at radius 1 is 1.45 bits per heavy atom. The van der Waals surface area contributed by atoms with Crippen LogP contribution in [0, 0.1) is 5.41 Å². The second-order valence-electron chi connectivity index (χ2n) is 5.93. The van der Waals surface area contributed by atoms with Crippen LogP contribution in [-0.4, -0.2) is 37.6 Å². The number of anilines is 1. The van der Waals surface area contributed by atoms with E-state index >= 15 is 0 Å². The number of aromatic nitrogens is 4. The maximum Gasteiger partial charge on any atom is 0.411 e. The van der Waals surface area contributed by atoms with Gasteiger partial charge >= 0.3 is 6.09 Å². The monoisotopic (exact) mass is 305 g/mol. The minimum Gasteiger partial charge on any atom is -0.492 e. The van der Waals surface area contributed by atoms with E-state index in [0.717, 1.165) is 6.42 Å². The molecule has 0 spiro atoms. The minimum absolute atomic E-state index is 0.0802. The molecule has 0 aliphatic rings. The van der Waals surface area contributed by atoms with Crippen LogP contribution in [0.3, 0.4) is 0 Å². The highest BCUT2D eigenvalue weighted by Crippen LogP contribution is 2.21. The Morgan fingerprint density at radius 3 is 2.82 bits per heavy atom. The maximum absolute atomic E-state index is 11.6. The van der Waals surface area contributed by atoms with E-state index in [2.05, 4.69) is 41.2 Å². The molecule has 8 nitrogen and oxygen atoms in total. The number of amides is 1. The lowest BCUT2D eigenvalue weighted by atomic mass is 9.93. The van der Waals surface area contributed by atoms with Gasteiger partial charge in [-0.25, -0.2) is 14.5 Å². The molecule has 8 heteroatoms. The van der Waals surface area contributed by atoms with E-state index in [1.165, 1.54) is 10.9 Å². The van der Waals surface area contributed by atoms with Crippen LogP contribution in [0.15, 0.2) is 24.7 Å². The van der Waals surface area contributed by atoms with Crippen molar-refractivity contribution in [1.82, 2.24) is 19.7 Å². The highest BCUT2D eigenvalue weighted by atomic mass is 16.5. The highest BCUT2D eigenvalue weighted by Gasteiger charge is 2.14. The molecule has 1 amide bonds. The van der Waals surface area contributed by atoms with Crippen LogP contribution < -0.4 is 5.32 Å². The summed E-state index contributed by atoms with van der Waals surface area (Å²) in [6, 6.07) is 1.71. The summed E-state index contributed by atoms with van der Waals surface area (Å²) in [6.07, 6.45) is 4.59. The number of nitrogens with one attached hydrogen (secondary N) is 1. The second kappa shape index (κ2) is 6.42. The van der Waals surface area contributed by atoms with Gasteiger partial charge in [0.15, 0.2) is 0 Å². The van der Waals surface area contributed by atoms with Crippen molar-refractivity contribution in [3.8, 4) is 11.8 Å². The summed E-state index contributed by atoms with van der Waals surface area (Å²) in [4.78, 5) is 19.5. The van der Waals surface area contributed by atoms with E-state index in [1.54, 1.807) is 18.5 Å². The summed E-state index contributed by atoms with van der Waals surface area (Å²) in [6.45, 7) is 6.47. The number of carbonyl (C=O) groups excluding carboxylic acids is 1. The Kier molecular flexibility index (Phi) is 4.59. The fraction of sp³-hybridized carbons (Fsp3) is 0.429. The van der Waals surface area contributed by atoms with Gasteiger partial charge in [-0.05, 0) is 17.9 Å². The Labute approximate surface area is 128 Å². The molecule has 0 aliphatic carbocycles. The summed E-state index contributed by atoms with van der Waals surface area (Å²) in [5.74, 6) is -0.151. The fourth-order valence-corrected chi connectivity index (χ4v) is 1.55. The van der Waals surface area contributed by atoms with Crippen molar-refractivity contribution in [3.05, 3.63) is 24.7 Å².